The van der Waals surface area contributed by atoms with Gasteiger partial charge in [0.15, 0.2) is 0 Å². The zero-order valence-corrected chi connectivity index (χ0v) is 19.3. The molecule has 3 aromatic carbocycles. The molecule has 0 aliphatic carbocycles. The maximum Gasteiger partial charge on any atom is 0.314 e. The number of nitrogens with one attached hydrogen (secondary N) is 1. The van der Waals surface area contributed by atoms with Crippen LogP contribution in [0, 0.1) is 0 Å². The van der Waals surface area contributed by atoms with Gasteiger partial charge in [-0.25, -0.2) is 5.01 Å². The smallest absolute Gasteiger partial charge is 0.314 e. The van der Waals surface area contributed by atoms with Crippen LogP contribution in [0.25, 0.3) is 6.08 Å². The van der Waals surface area contributed by atoms with Gasteiger partial charge in [-0.2, -0.15) is 5.10 Å². The molecule has 1 N–H and O–H groups in total. The molecule has 1 fully saturated rings. The van der Waals surface area contributed by atoms with Crippen LogP contribution in [0.1, 0.15) is 29.2 Å². The number of thioether (sulfide) groups is 1. The average Bonchev–Trinajstić information content (AvgIpc) is 3.38. The van der Waals surface area contributed by atoms with E-state index >= 15 is 0 Å². The van der Waals surface area contributed by atoms with Crippen molar-refractivity contribution < 1.29 is 9.53 Å². The second kappa shape index (κ2) is 7.53. The van der Waals surface area contributed by atoms with E-state index in [4.69, 9.17) is 9.84 Å². The van der Waals surface area contributed by atoms with Gasteiger partial charge in [0, 0.05) is 16.5 Å². The van der Waals surface area contributed by atoms with Crippen molar-refractivity contribution in [2.24, 2.45) is 5.10 Å². The number of carbonyl (C=O) groups excluding carboxylic acids is 1. The first-order valence-electron chi connectivity index (χ1n) is 10.3. The van der Waals surface area contributed by atoms with Crippen LogP contribution in [0.4, 0.5) is 4.79 Å². The fourth-order valence-electron chi connectivity index (χ4n) is 4.42. The number of ether oxygens (including phenoxy) is 1. The Balaban J connectivity index is 1.52. The van der Waals surface area contributed by atoms with Gasteiger partial charge in [-0.3, -0.25) is 10.1 Å². The highest BCUT2D eigenvalue weighted by Gasteiger charge is 2.58. The molecule has 0 aromatic heterocycles. The molecule has 7 heteroatoms. The van der Waals surface area contributed by atoms with Crippen LogP contribution in [-0.4, -0.2) is 21.8 Å². The molecule has 1 amide bonds. The Morgan fingerprint density at radius 3 is 2.75 bits per heavy atom. The topological polar surface area (TPSA) is 53.9 Å². The molecule has 2 atom stereocenters. The van der Waals surface area contributed by atoms with Gasteiger partial charge in [-0.15, -0.1) is 0 Å². The summed E-state index contributed by atoms with van der Waals surface area (Å²) >= 11 is 4.68. The summed E-state index contributed by atoms with van der Waals surface area (Å²) in [5, 5.41) is 9.85. The Kier molecular flexibility index (Phi) is 4.62. The highest BCUT2D eigenvalue weighted by molar-refractivity contribution is 9.10. The van der Waals surface area contributed by atoms with Gasteiger partial charge >= 0.3 is 5.85 Å². The summed E-state index contributed by atoms with van der Waals surface area (Å²) in [4.78, 5) is 13.4. The van der Waals surface area contributed by atoms with Crippen molar-refractivity contribution in [1.82, 2.24) is 10.3 Å². The summed E-state index contributed by atoms with van der Waals surface area (Å²) in [5.41, 5.74) is 4.09. The van der Waals surface area contributed by atoms with Crippen LogP contribution in [0.5, 0.6) is 5.75 Å². The van der Waals surface area contributed by atoms with Crippen LogP contribution >= 0.6 is 27.7 Å². The lowest BCUT2D eigenvalue weighted by atomic mass is 9.95. The molecule has 1 spiro atoms. The van der Waals surface area contributed by atoms with Gasteiger partial charge in [-0.1, -0.05) is 76.6 Å². The molecule has 1 saturated heterocycles. The van der Waals surface area contributed by atoms with Crippen molar-refractivity contribution in [3.8, 4) is 5.75 Å². The van der Waals surface area contributed by atoms with Crippen LogP contribution in [-0.2, 0) is 0 Å². The largest absolute Gasteiger partial charge is 0.444 e. The number of amides is 1. The van der Waals surface area contributed by atoms with Crippen molar-refractivity contribution in [3.63, 3.8) is 0 Å². The van der Waals surface area contributed by atoms with Crippen LogP contribution in [0.15, 0.2) is 93.3 Å². The lowest BCUT2D eigenvalue weighted by Gasteiger charge is -2.45. The summed E-state index contributed by atoms with van der Waals surface area (Å²) in [6.07, 6.45) is 2.73. The maximum absolute atomic E-state index is 12.7. The molecule has 32 heavy (non-hydrogen) atoms. The van der Waals surface area contributed by atoms with E-state index in [9.17, 15) is 4.79 Å². The molecule has 0 unspecified atom stereocenters. The van der Waals surface area contributed by atoms with Crippen LogP contribution < -0.4 is 10.1 Å². The molecule has 3 heterocycles. The number of hydrogen-bond acceptors (Lipinski definition) is 5. The molecule has 0 bridgehead atoms. The molecule has 3 aromatic rings. The SMILES string of the molecule is O=C1N[C@@]2(Oc3ccccc3[C@H]3CC(c4ccccc4)=NN32)/C(=C/c2cccc(Br)c2)S1. The zero-order valence-electron chi connectivity index (χ0n) is 16.9. The van der Waals surface area contributed by atoms with Gasteiger partial charge < -0.3 is 4.74 Å². The minimum absolute atomic E-state index is 0.0416. The van der Waals surface area contributed by atoms with Crippen molar-refractivity contribution in [1.29, 1.82) is 0 Å². The highest BCUT2D eigenvalue weighted by atomic mass is 79.9. The fraction of sp³-hybridized carbons (Fsp3) is 0.120. The van der Waals surface area contributed by atoms with E-state index in [1.165, 1.54) is 0 Å². The minimum atomic E-state index is -1.18. The van der Waals surface area contributed by atoms with E-state index < -0.39 is 5.85 Å². The van der Waals surface area contributed by atoms with E-state index in [2.05, 4.69) is 39.4 Å². The molecule has 3 aliphatic heterocycles. The van der Waals surface area contributed by atoms with E-state index in [0.29, 0.717) is 0 Å². The average molecular weight is 504 g/mol. The first-order valence-corrected chi connectivity index (χ1v) is 11.9. The number of carbonyl (C=O) groups is 1. The lowest BCUT2D eigenvalue weighted by Crippen LogP contribution is -2.61. The normalized spacial score (nSPS) is 24.7. The van der Waals surface area contributed by atoms with E-state index in [-0.39, 0.29) is 11.3 Å². The van der Waals surface area contributed by atoms with E-state index in [1.807, 2.05) is 71.7 Å². The van der Waals surface area contributed by atoms with Crippen LogP contribution in [0.2, 0.25) is 0 Å². The fourth-order valence-corrected chi connectivity index (χ4v) is 5.74. The quantitative estimate of drug-likeness (QED) is 0.455. The van der Waals surface area contributed by atoms with Crippen molar-refractivity contribution in [3.05, 3.63) is 105 Å². The van der Waals surface area contributed by atoms with Gasteiger partial charge in [0.1, 0.15) is 5.75 Å². The second-order valence-corrected chi connectivity index (χ2v) is 9.77. The van der Waals surface area contributed by atoms with Crippen molar-refractivity contribution in [2.75, 3.05) is 0 Å². The third-order valence-corrected chi connectivity index (χ3v) is 7.23. The monoisotopic (exact) mass is 503 g/mol. The first-order chi connectivity index (χ1) is 15.6. The number of halogens is 1. The standard InChI is InChI=1S/C25H18BrN3O2S/c26-18-10-6-7-16(13-18)14-23-25(27-24(30)32-23)29-21(19-11-4-5-12-22(19)31-25)15-20(28-29)17-8-2-1-3-9-17/h1-14,21H,15H2,(H,27,30)/b23-14-/t21-,25+/m1/s1. The maximum atomic E-state index is 12.7. The third-order valence-electron chi connectivity index (χ3n) is 5.83. The third kappa shape index (κ3) is 3.15. The number of rotatable bonds is 2. The van der Waals surface area contributed by atoms with Crippen molar-refractivity contribution >= 4 is 44.7 Å². The Morgan fingerprint density at radius 2 is 1.91 bits per heavy atom. The summed E-state index contributed by atoms with van der Waals surface area (Å²) in [7, 11) is 0. The Hall–Kier alpha value is -3.03. The number of benzene rings is 3. The van der Waals surface area contributed by atoms with Gasteiger partial charge in [0.2, 0.25) is 0 Å². The van der Waals surface area contributed by atoms with Gasteiger partial charge in [0.05, 0.1) is 16.7 Å². The lowest BCUT2D eigenvalue weighted by molar-refractivity contribution is -0.0949. The Morgan fingerprint density at radius 1 is 1.09 bits per heavy atom. The molecule has 6 rings (SSSR count). The van der Waals surface area contributed by atoms with E-state index in [0.717, 1.165) is 55.7 Å². The highest BCUT2D eigenvalue weighted by Crippen LogP contribution is 2.52. The summed E-state index contributed by atoms with van der Waals surface area (Å²) in [5.74, 6) is -0.416. The summed E-state index contributed by atoms with van der Waals surface area (Å²) in [6.45, 7) is 0. The Bertz CT molecular complexity index is 1290. The minimum Gasteiger partial charge on any atom is -0.444 e. The van der Waals surface area contributed by atoms with Gasteiger partial charge in [0.25, 0.3) is 5.24 Å². The van der Waals surface area contributed by atoms with Crippen molar-refractivity contribution in [2.45, 2.75) is 18.3 Å². The molecular formula is C25H18BrN3O2S. The summed E-state index contributed by atoms with van der Waals surface area (Å²) < 4.78 is 7.52. The number of hydrogen-bond donors (Lipinski definition) is 1. The Labute approximate surface area is 198 Å². The summed E-state index contributed by atoms with van der Waals surface area (Å²) in [6, 6.07) is 26.1. The number of fused-ring (bicyclic) bond motifs is 4. The predicted molar refractivity (Wildman–Crippen MR) is 130 cm³/mol. The van der Waals surface area contributed by atoms with Gasteiger partial charge in [-0.05, 0) is 47.2 Å². The number of hydrazone groups is 1. The second-order valence-electron chi connectivity index (χ2n) is 7.84. The predicted octanol–water partition coefficient (Wildman–Crippen LogP) is 6.14. The van der Waals surface area contributed by atoms with E-state index in [1.54, 1.807) is 0 Å². The number of nitrogens with zero attached hydrogens (tertiary/aromatic N) is 2. The molecule has 0 radical (unpaired) electrons. The van der Waals surface area contributed by atoms with Crippen LogP contribution in [0.3, 0.4) is 0 Å². The zero-order chi connectivity index (χ0) is 21.7. The molecular weight excluding hydrogens is 486 g/mol. The molecule has 3 aliphatic rings. The molecule has 5 nitrogen and oxygen atoms in total. The molecule has 0 saturated carbocycles. The molecule has 158 valence electrons. The first kappa shape index (κ1) is 19.6. The number of para-hydroxylation sites is 1.